The largest absolute Gasteiger partial charge is 0.416 e. The van der Waals surface area contributed by atoms with Crippen molar-refractivity contribution in [1.82, 2.24) is 14.9 Å². The first-order valence-electron chi connectivity index (χ1n) is 11.1. The summed E-state index contributed by atoms with van der Waals surface area (Å²) in [5, 5.41) is 0.160. The number of carbonyl (C=O) groups is 1. The van der Waals surface area contributed by atoms with Crippen LogP contribution in [0.3, 0.4) is 0 Å². The summed E-state index contributed by atoms with van der Waals surface area (Å²) < 4.78 is 39.4. The molecule has 9 heteroatoms. The molecule has 0 unspecified atom stereocenters. The minimum Gasteiger partial charge on any atom is -0.397 e. The van der Waals surface area contributed by atoms with Crippen LogP contribution < -0.4 is 5.73 Å². The number of aromatic nitrogens is 2. The first-order chi connectivity index (χ1) is 16.3. The Bertz CT molecular complexity index is 1200. The monoisotopic (exact) mass is 504 g/mol. The standard InChI is InChI=1S/C26H28ClF3N4O/c1-16-22(23(31)20(27)14-32-16)24(35)34(15-18-8-9-21(33-13-18)25(2,3)4)11-10-17-6-5-7-19(12-17)26(28,29)30/h5-9,12-14H,10-11,15H2,1-4H3,(H2,31,32). The van der Waals surface area contributed by atoms with E-state index in [-0.39, 0.29) is 41.2 Å². The van der Waals surface area contributed by atoms with E-state index in [1.54, 1.807) is 19.2 Å². The molecule has 5 nitrogen and oxygen atoms in total. The van der Waals surface area contributed by atoms with Crippen molar-refractivity contribution in [3.05, 3.63) is 87.5 Å². The lowest BCUT2D eigenvalue weighted by Gasteiger charge is -2.25. The highest BCUT2D eigenvalue weighted by Crippen LogP contribution is 2.30. The molecule has 35 heavy (non-hydrogen) atoms. The summed E-state index contributed by atoms with van der Waals surface area (Å²) >= 11 is 6.11. The zero-order chi connectivity index (χ0) is 26.0. The van der Waals surface area contributed by atoms with Crippen LogP contribution in [-0.4, -0.2) is 27.3 Å². The van der Waals surface area contributed by atoms with E-state index in [0.29, 0.717) is 11.3 Å². The van der Waals surface area contributed by atoms with Crippen LogP contribution in [0.4, 0.5) is 18.9 Å². The number of amides is 1. The molecule has 0 saturated carbocycles. The van der Waals surface area contributed by atoms with E-state index in [1.807, 2.05) is 12.1 Å². The molecular formula is C26H28ClF3N4O. The van der Waals surface area contributed by atoms with Crippen molar-refractivity contribution in [3.63, 3.8) is 0 Å². The number of rotatable bonds is 6. The minimum absolute atomic E-state index is 0.120. The van der Waals surface area contributed by atoms with Gasteiger partial charge in [-0.15, -0.1) is 0 Å². The number of aryl methyl sites for hydroxylation is 1. The van der Waals surface area contributed by atoms with Crippen molar-refractivity contribution in [2.24, 2.45) is 0 Å². The summed E-state index contributed by atoms with van der Waals surface area (Å²) in [6, 6.07) is 8.90. The van der Waals surface area contributed by atoms with Gasteiger partial charge >= 0.3 is 6.18 Å². The molecule has 1 amide bonds. The maximum atomic E-state index is 13.6. The number of pyridine rings is 2. The van der Waals surface area contributed by atoms with E-state index < -0.39 is 17.6 Å². The van der Waals surface area contributed by atoms with Crippen molar-refractivity contribution < 1.29 is 18.0 Å². The molecule has 0 atom stereocenters. The molecule has 0 radical (unpaired) electrons. The van der Waals surface area contributed by atoms with Gasteiger partial charge in [0, 0.05) is 36.6 Å². The molecule has 0 aliphatic heterocycles. The number of nitrogens with zero attached hydrogens (tertiary/aromatic N) is 3. The number of benzene rings is 1. The predicted molar refractivity (Wildman–Crippen MR) is 131 cm³/mol. The summed E-state index contributed by atoms with van der Waals surface area (Å²) in [5.74, 6) is -0.401. The van der Waals surface area contributed by atoms with Gasteiger partial charge in [-0.2, -0.15) is 13.2 Å². The number of carbonyl (C=O) groups excluding carboxylic acids is 1. The number of halogens is 4. The van der Waals surface area contributed by atoms with Crippen molar-refractivity contribution in [2.75, 3.05) is 12.3 Å². The SMILES string of the molecule is Cc1ncc(Cl)c(N)c1C(=O)N(CCc1cccc(C(F)(F)F)c1)Cc1ccc(C(C)(C)C)nc1. The van der Waals surface area contributed by atoms with Crippen LogP contribution in [-0.2, 0) is 24.6 Å². The average molecular weight is 505 g/mol. The lowest BCUT2D eigenvalue weighted by Crippen LogP contribution is -2.34. The molecule has 186 valence electrons. The number of alkyl halides is 3. The Morgan fingerprint density at radius 2 is 1.77 bits per heavy atom. The Kier molecular flexibility index (Phi) is 7.74. The normalized spacial score (nSPS) is 12.0. The average Bonchev–Trinajstić information content (AvgIpc) is 2.78. The molecule has 2 heterocycles. The van der Waals surface area contributed by atoms with Crippen LogP contribution >= 0.6 is 11.6 Å². The third-order valence-corrected chi connectivity index (χ3v) is 5.95. The second-order valence-electron chi connectivity index (χ2n) is 9.46. The number of nitrogen functional groups attached to an aromatic ring is 1. The van der Waals surface area contributed by atoms with Crippen LogP contribution in [0, 0.1) is 6.92 Å². The zero-order valence-corrected chi connectivity index (χ0v) is 20.8. The second kappa shape index (κ2) is 10.2. The van der Waals surface area contributed by atoms with Crippen molar-refractivity contribution in [2.45, 2.75) is 52.3 Å². The van der Waals surface area contributed by atoms with Gasteiger partial charge in [-0.05, 0) is 36.6 Å². The van der Waals surface area contributed by atoms with Gasteiger partial charge in [0.1, 0.15) is 0 Å². The van der Waals surface area contributed by atoms with Crippen LogP contribution in [0.5, 0.6) is 0 Å². The lowest BCUT2D eigenvalue weighted by molar-refractivity contribution is -0.137. The minimum atomic E-state index is -4.44. The molecule has 3 aromatic rings. The van der Waals surface area contributed by atoms with Crippen LogP contribution in [0.2, 0.25) is 5.02 Å². The van der Waals surface area contributed by atoms with E-state index >= 15 is 0 Å². The van der Waals surface area contributed by atoms with Gasteiger partial charge in [0.25, 0.3) is 5.91 Å². The maximum Gasteiger partial charge on any atom is 0.416 e. The molecule has 3 rings (SSSR count). The van der Waals surface area contributed by atoms with Crippen LogP contribution in [0.25, 0.3) is 0 Å². The fourth-order valence-electron chi connectivity index (χ4n) is 3.63. The van der Waals surface area contributed by atoms with Gasteiger partial charge in [0.05, 0.1) is 27.5 Å². The highest BCUT2D eigenvalue weighted by molar-refractivity contribution is 6.33. The fraction of sp³-hybridized carbons (Fsp3) is 0.346. The van der Waals surface area contributed by atoms with Crippen LogP contribution in [0.1, 0.15) is 59.2 Å². The predicted octanol–water partition coefficient (Wildman–Crippen LogP) is 6.22. The van der Waals surface area contributed by atoms with Crippen molar-refractivity contribution >= 4 is 23.2 Å². The number of hydrogen-bond donors (Lipinski definition) is 1. The molecule has 1 aromatic carbocycles. The van der Waals surface area contributed by atoms with Crippen molar-refractivity contribution in [1.29, 1.82) is 0 Å². The first-order valence-corrected chi connectivity index (χ1v) is 11.5. The molecular weight excluding hydrogens is 477 g/mol. The molecule has 0 aliphatic rings. The fourth-order valence-corrected chi connectivity index (χ4v) is 3.77. The van der Waals surface area contributed by atoms with Gasteiger partial charge in [-0.3, -0.25) is 14.8 Å². The van der Waals surface area contributed by atoms with E-state index in [9.17, 15) is 18.0 Å². The highest BCUT2D eigenvalue weighted by Gasteiger charge is 2.30. The van der Waals surface area contributed by atoms with Gasteiger partial charge in [-0.25, -0.2) is 0 Å². The van der Waals surface area contributed by atoms with Gasteiger partial charge < -0.3 is 10.6 Å². The molecule has 0 aliphatic carbocycles. The zero-order valence-electron chi connectivity index (χ0n) is 20.1. The van der Waals surface area contributed by atoms with Gasteiger partial charge in [0.2, 0.25) is 0 Å². The molecule has 2 N–H and O–H groups in total. The molecule has 0 fully saturated rings. The Labute approximate surface area is 208 Å². The van der Waals surface area contributed by atoms with E-state index in [2.05, 4.69) is 30.7 Å². The number of anilines is 1. The molecule has 2 aromatic heterocycles. The Balaban J connectivity index is 1.91. The molecule has 0 saturated heterocycles. The number of hydrogen-bond acceptors (Lipinski definition) is 4. The third kappa shape index (κ3) is 6.51. The highest BCUT2D eigenvalue weighted by atomic mass is 35.5. The Morgan fingerprint density at radius 3 is 2.37 bits per heavy atom. The quantitative estimate of drug-likeness (QED) is 0.432. The van der Waals surface area contributed by atoms with E-state index in [4.69, 9.17) is 17.3 Å². The summed E-state index contributed by atoms with van der Waals surface area (Å²) in [6.07, 6.45) is -1.14. The lowest BCUT2D eigenvalue weighted by atomic mass is 9.91. The third-order valence-electron chi connectivity index (χ3n) is 5.65. The maximum absolute atomic E-state index is 13.6. The molecule has 0 spiro atoms. The van der Waals surface area contributed by atoms with E-state index in [1.165, 1.54) is 17.2 Å². The smallest absolute Gasteiger partial charge is 0.397 e. The van der Waals surface area contributed by atoms with Crippen LogP contribution in [0.15, 0.2) is 48.8 Å². The first kappa shape index (κ1) is 26.5. The van der Waals surface area contributed by atoms with Gasteiger partial charge in [0.15, 0.2) is 0 Å². The number of nitrogens with two attached hydrogens (primary N) is 1. The summed E-state index contributed by atoms with van der Waals surface area (Å²) in [7, 11) is 0. The molecule has 0 bridgehead atoms. The summed E-state index contributed by atoms with van der Waals surface area (Å²) in [5.41, 5.74) is 8.11. The van der Waals surface area contributed by atoms with Crippen molar-refractivity contribution in [3.8, 4) is 0 Å². The van der Waals surface area contributed by atoms with Gasteiger partial charge in [-0.1, -0.05) is 56.6 Å². The Morgan fingerprint density at radius 1 is 1.06 bits per heavy atom. The Hall–Kier alpha value is -3.13. The van der Waals surface area contributed by atoms with E-state index in [0.717, 1.165) is 23.4 Å². The summed E-state index contributed by atoms with van der Waals surface area (Å²) in [6.45, 7) is 8.17. The second-order valence-corrected chi connectivity index (χ2v) is 9.86. The summed E-state index contributed by atoms with van der Waals surface area (Å²) in [4.78, 5) is 23.8. The topological polar surface area (TPSA) is 72.1 Å².